The topological polar surface area (TPSA) is 99.9 Å². The predicted molar refractivity (Wildman–Crippen MR) is 55.1 cm³/mol. The average Bonchev–Trinajstić information content (AvgIpc) is 2.19. The van der Waals surface area contributed by atoms with Crippen LogP contribution in [0, 0.1) is 0 Å². The van der Waals surface area contributed by atoms with Gasteiger partial charge in [0.1, 0.15) is 0 Å². The zero-order valence-electron chi connectivity index (χ0n) is 8.66. The van der Waals surface area contributed by atoms with Gasteiger partial charge in [-0.25, -0.2) is 9.89 Å². The number of nitrogens with one attached hydrogen (secondary N) is 3. The van der Waals surface area contributed by atoms with Crippen LogP contribution in [0.1, 0.15) is 13.8 Å². The summed E-state index contributed by atoms with van der Waals surface area (Å²) in [7, 11) is 0. The number of aromatic amines is 2. The third-order valence-electron chi connectivity index (χ3n) is 1.67. The Kier molecular flexibility index (Phi) is 4.04. The molecule has 1 aromatic heterocycles. The van der Waals surface area contributed by atoms with Crippen LogP contribution in [0.3, 0.4) is 0 Å². The lowest BCUT2D eigenvalue weighted by Crippen LogP contribution is -2.31. The van der Waals surface area contributed by atoms with Gasteiger partial charge in [-0.3, -0.25) is 9.78 Å². The van der Waals surface area contributed by atoms with Crippen LogP contribution in [-0.2, 0) is 4.74 Å². The van der Waals surface area contributed by atoms with Gasteiger partial charge in [0, 0.05) is 12.6 Å². The van der Waals surface area contributed by atoms with Gasteiger partial charge in [-0.1, -0.05) is 0 Å². The standard InChI is InChI=1S/C8H14N4O3/c1-3-15-4-5(2)9-6-7(13)10-8(14)12-11-6/h5H,3-4H2,1-2H3,(H,9,11)(H2,10,12,13,14). The van der Waals surface area contributed by atoms with Crippen LogP contribution in [0.4, 0.5) is 5.82 Å². The van der Waals surface area contributed by atoms with Crippen LogP contribution < -0.4 is 16.6 Å². The molecule has 15 heavy (non-hydrogen) atoms. The molecule has 0 amide bonds. The maximum absolute atomic E-state index is 11.2. The van der Waals surface area contributed by atoms with E-state index in [9.17, 15) is 9.59 Å². The summed E-state index contributed by atoms with van der Waals surface area (Å²) in [5.74, 6) is 0.0850. The Bertz CT molecular complexity index is 411. The summed E-state index contributed by atoms with van der Waals surface area (Å²) in [5, 5.41) is 8.54. The van der Waals surface area contributed by atoms with Gasteiger partial charge in [0.25, 0.3) is 5.56 Å². The molecule has 3 N–H and O–H groups in total. The van der Waals surface area contributed by atoms with E-state index < -0.39 is 11.2 Å². The summed E-state index contributed by atoms with van der Waals surface area (Å²) in [5.41, 5.74) is -1.16. The molecule has 1 heterocycles. The van der Waals surface area contributed by atoms with Gasteiger partial charge in [0.15, 0.2) is 0 Å². The zero-order chi connectivity index (χ0) is 11.3. The lowest BCUT2D eigenvalue weighted by molar-refractivity contribution is 0.141. The molecule has 7 heteroatoms. The van der Waals surface area contributed by atoms with Gasteiger partial charge in [-0.2, -0.15) is 0 Å². The fourth-order valence-corrected chi connectivity index (χ4v) is 1.02. The molecule has 0 saturated carbocycles. The largest absolute Gasteiger partial charge is 0.380 e. The molecular formula is C8H14N4O3. The first-order valence-electron chi connectivity index (χ1n) is 4.66. The van der Waals surface area contributed by atoms with Gasteiger partial charge in [-0.15, -0.1) is 5.10 Å². The Hall–Kier alpha value is -1.63. The number of aromatic nitrogens is 3. The molecule has 0 bridgehead atoms. The maximum Gasteiger partial charge on any atom is 0.342 e. The molecule has 1 unspecified atom stereocenters. The molecule has 84 valence electrons. The molecule has 0 radical (unpaired) electrons. The summed E-state index contributed by atoms with van der Waals surface area (Å²) in [6.07, 6.45) is 0. The van der Waals surface area contributed by atoms with Crippen LogP contribution in [0.25, 0.3) is 0 Å². The lowest BCUT2D eigenvalue weighted by atomic mass is 10.3. The van der Waals surface area contributed by atoms with E-state index in [0.717, 1.165) is 0 Å². The fourth-order valence-electron chi connectivity index (χ4n) is 1.02. The van der Waals surface area contributed by atoms with E-state index in [1.54, 1.807) is 0 Å². The smallest absolute Gasteiger partial charge is 0.342 e. The average molecular weight is 214 g/mol. The Balaban J connectivity index is 2.64. The second-order valence-corrected chi connectivity index (χ2v) is 3.06. The molecule has 0 aliphatic rings. The minimum Gasteiger partial charge on any atom is -0.380 e. The normalized spacial score (nSPS) is 12.4. The van der Waals surface area contributed by atoms with Crippen molar-refractivity contribution in [3.8, 4) is 0 Å². The number of H-pyrrole nitrogens is 2. The summed E-state index contributed by atoms with van der Waals surface area (Å²) in [6.45, 7) is 4.82. The molecule has 0 aromatic carbocycles. The molecule has 1 atom stereocenters. The molecule has 0 aliphatic carbocycles. The van der Waals surface area contributed by atoms with E-state index in [4.69, 9.17) is 4.74 Å². The first kappa shape index (κ1) is 11.4. The van der Waals surface area contributed by atoms with E-state index >= 15 is 0 Å². The molecule has 7 nitrogen and oxygen atoms in total. The predicted octanol–water partition coefficient (Wildman–Crippen LogP) is -0.705. The SMILES string of the molecule is CCOCC(C)Nc1n[nH]c(=O)[nH]c1=O. The summed E-state index contributed by atoms with van der Waals surface area (Å²) < 4.78 is 5.16. The van der Waals surface area contributed by atoms with Crippen LogP contribution in [0.15, 0.2) is 9.59 Å². The van der Waals surface area contributed by atoms with Gasteiger partial charge in [-0.05, 0) is 13.8 Å². The molecular weight excluding hydrogens is 200 g/mol. The van der Waals surface area contributed by atoms with E-state index in [1.165, 1.54) is 0 Å². The second-order valence-electron chi connectivity index (χ2n) is 3.06. The third kappa shape index (κ3) is 3.55. The number of ether oxygens (including phenoxy) is 1. The van der Waals surface area contributed by atoms with E-state index in [0.29, 0.717) is 13.2 Å². The summed E-state index contributed by atoms with van der Waals surface area (Å²) in [4.78, 5) is 23.9. The van der Waals surface area contributed by atoms with Crippen LogP contribution >= 0.6 is 0 Å². The maximum atomic E-state index is 11.2. The van der Waals surface area contributed by atoms with Gasteiger partial charge in [0.2, 0.25) is 5.82 Å². The van der Waals surface area contributed by atoms with Crippen LogP contribution in [0.5, 0.6) is 0 Å². The van der Waals surface area contributed by atoms with Crippen molar-refractivity contribution in [2.45, 2.75) is 19.9 Å². The Morgan fingerprint density at radius 1 is 1.53 bits per heavy atom. The van der Waals surface area contributed by atoms with Crippen molar-refractivity contribution in [3.63, 3.8) is 0 Å². The molecule has 0 fully saturated rings. The van der Waals surface area contributed by atoms with E-state index in [1.807, 2.05) is 13.8 Å². The molecule has 0 spiro atoms. The van der Waals surface area contributed by atoms with Crippen molar-refractivity contribution >= 4 is 5.82 Å². The number of hydrogen-bond donors (Lipinski definition) is 3. The van der Waals surface area contributed by atoms with Crippen molar-refractivity contribution in [1.29, 1.82) is 0 Å². The highest BCUT2D eigenvalue weighted by atomic mass is 16.5. The highest BCUT2D eigenvalue weighted by Gasteiger charge is 2.06. The quantitative estimate of drug-likeness (QED) is 0.601. The van der Waals surface area contributed by atoms with Gasteiger partial charge < -0.3 is 10.1 Å². The van der Waals surface area contributed by atoms with Crippen molar-refractivity contribution < 1.29 is 4.74 Å². The Morgan fingerprint density at radius 3 is 2.87 bits per heavy atom. The first-order valence-corrected chi connectivity index (χ1v) is 4.66. The van der Waals surface area contributed by atoms with Gasteiger partial charge in [0.05, 0.1) is 6.61 Å². The second kappa shape index (κ2) is 5.30. The highest BCUT2D eigenvalue weighted by Crippen LogP contribution is 1.93. The van der Waals surface area contributed by atoms with Crippen LogP contribution in [0.2, 0.25) is 0 Å². The Labute approximate surface area is 85.9 Å². The lowest BCUT2D eigenvalue weighted by Gasteiger charge is -2.12. The van der Waals surface area contributed by atoms with Crippen molar-refractivity contribution in [1.82, 2.24) is 15.2 Å². The number of rotatable bonds is 5. The minimum atomic E-state index is -0.622. The Morgan fingerprint density at radius 2 is 2.27 bits per heavy atom. The summed E-state index contributed by atoms with van der Waals surface area (Å²) in [6, 6.07) is -0.0514. The molecule has 0 saturated heterocycles. The van der Waals surface area contributed by atoms with E-state index in [2.05, 4.69) is 20.5 Å². The minimum absolute atomic E-state index is 0.0514. The number of anilines is 1. The van der Waals surface area contributed by atoms with Gasteiger partial charge >= 0.3 is 5.69 Å². The van der Waals surface area contributed by atoms with Crippen molar-refractivity contribution in [2.24, 2.45) is 0 Å². The first-order chi connectivity index (χ1) is 7.13. The third-order valence-corrected chi connectivity index (χ3v) is 1.67. The number of nitrogens with zero attached hydrogens (tertiary/aromatic N) is 1. The monoisotopic (exact) mass is 214 g/mol. The number of hydrogen-bond acceptors (Lipinski definition) is 5. The van der Waals surface area contributed by atoms with Crippen molar-refractivity contribution in [3.05, 3.63) is 20.8 Å². The molecule has 1 rings (SSSR count). The fraction of sp³-hybridized carbons (Fsp3) is 0.625. The molecule has 1 aromatic rings. The zero-order valence-corrected chi connectivity index (χ0v) is 8.66. The van der Waals surface area contributed by atoms with Crippen molar-refractivity contribution in [2.75, 3.05) is 18.5 Å². The summed E-state index contributed by atoms with van der Waals surface area (Å²) >= 11 is 0. The highest BCUT2D eigenvalue weighted by molar-refractivity contribution is 5.29. The van der Waals surface area contributed by atoms with Crippen LogP contribution in [-0.4, -0.2) is 34.4 Å². The molecule has 0 aliphatic heterocycles. The van der Waals surface area contributed by atoms with E-state index in [-0.39, 0.29) is 11.9 Å².